The third-order valence-corrected chi connectivity index (χ3v) is 3.27. The van der Waals surface area contributed by atoms with E-state index < -0.39 is 21.7 Å². The van der Waals surface area contributed by atoms with Gasteiger partial charge in [-0.05, 0) is 25.1 Å². The van der Waals surface area contributed by atoms with Gasteiger partial charge in [-0.15, -0.1) is 0 Å². The Morgan fingerprint density at radius 3 is 2.72 bits per heavy atom. The van der Waals surface area contributed by atoms with E-state index in [-0.39, 0.29) is 18.0 Å². The molecule has 0 fully saturated rings. The van der Waals surface area contributed by atoms with Crippen LogP contribution < -0.4 is 10.5 Å². The Kier molecular flexibility index (Phi) is 4.80. The molecule has 0 aliphatic heterocycles. The summed E-state index contributed by atoms with van der Waals surface area (Å²) >= 11 is 5.68. The van der Waals surface area contributed by atoms with Crippen LogP contribution in [0.1, 0.15) is 6.92 Å². The number of benzene rings is 1. The number of esters is 1. The minimum Gasteiger partial charge on any atom is -0.465 e. The van der Waals surface area contributed by atoms with Gasteiger partial charge in [0.05, 0.1) is 18.0 Å². The maximum Gasteiger partial charge on any atom is 0.323 e. The number of nitrogens with two attached hydrogens (primary N) is 1. The molecular formula is C10H13ClN2O4S. The fourth-order valence-corrected chi connectivity index (χ4v) is 2.36. The molecule has 6 nitrogen and oxygen atoms in total. The molecule has 0 aromatic heterocycles. The van der Waals surface area contributed by atoms with Crippen LogP contribution >= 0.6 is 11.6 Å². The lowest BCUT2D eigenvalue weighted by atomic mass is 10.3. The summed E-state index contributed by atoms with van der Waals surface area (Å²) in [5.41, 5.74) is 5.94. The van der Waals surface area contributed by atoms with Gasteiger partial charge in [0.25, 0.3) is 0 Å². The van der Waals surface area contributed by atoms with Crippen molar-refractivity contribution in [3.05, 3.63) is 23.2 Å². The van der Waals surface area contributed by atoms with Crippen LogP contribution in [0.2, 0.25) is 5.02 Å². The lowest BCUT2D eigenvalue weighted by Gasteiger charge is -2.10. The van der Waals surface area contributed by atoms with Gasteiger partial charge >= 0.3 is 5.97 Å². The van der Waals surface area contributed by atoms with Crippen LogP contribution in [0.4, 0.5) is 11.4 Å². The summed E-state index contributed by atoms with van der Waals surface area (Å²) in [6.45, 7) is 1.71. The van der Waals surface area contributed by atoms with E-state index >= 15 is 0 Å². The average molecular weight is 293 g/mol. The molecule has 1 aromatic carbocycles. The molecule has 0 saturated heterocycles. The third kappa shape index (κ3) is 4.42. The number of nitrogen functional groups attached to an aromatic ring is 1. The number of carbonyl (C=O) groups is 1. The van der Waals surface area contributed by atoms with Crippen LogP contribution in [0.25, 0.3) is 0 Å². The van der Waals surface area contributed by atoms with Crippen molar-refractivity contribution in [3.63, 3.8) is 0 Å². The van der Waals surface area contributed by atoms with Crippen molar-refractivity contribution in [2.45, 2.75) is 6.92 Å². The van der Waals surface area contributed by atoms with Gasteiger partial charge in [0.15, 0.2) is 5.75 Å². The monoisotopic (exact) mass is 292 g/mol. The maximum absolute atomic E-state index is 11.6. The molecule has 1 rings (SSSR count). The minimum absolute atomic E-state index is 0.122. The Balaban J connectivity index is 2.79. The highest BCUT2D eigenvalue weighted by Crippen LogP contribution is 2.23. The standard InChI is InChI=1S/C10H13ClN2O4S/c1-2-17-10(14)6-18(15,16)13-9-4-3-7(11)5-8(9)12/h3-5,13H,2,6,12H2,1H3. The number of carbonyl (C=O) groups excluding carboxylic acids is 1. The van der Waals surface area contributed by atoms with Gasteiger partial charge in [0.1, 0.15) is 0 Å². The number of ether oxygens (including phenoxy) is 1. The molecule has 0 atom stereocenters. The predicted molar refractivity (Wildman–Crippen MR) is 69.9 cm³/mol. The second-order valence-corrected chi connectivity index (χ2v) is 5.56. The van der Waals surface area contributed by atoms with E-state index in [1.54, 1.807) is 6.92 Å². The molecule has 0 unspecified atom stereocenters. The number of hydrogen-bond acceptors (Lipinski definition) is 5. The Morgan fingerprint density at radius 2 is 2.17 bits per heavy atom. The maximum atomic E-state index is 11.6. The van der Waals surface area contributed by atoms with Gasteiger partial charge in [-0.2, -0.15) is 0 Å². The molecule has 0 aliphatic rings. The number of hydrogen-bond donors (Lipinski definition) is 2. The average Bonchev–Trinajstić information content (AvgIpc) is 2.21. The first kappa shape index (κ1) is 14.6. The van der Waals surface area contributed by atoms with Crippen molar-refractivity contribution >= 4 is 39.0 Å². The summed E-state index contributed by atoms with van der Waals surface area (Å²) in [4.78, 5) is 11.1. The van der Waals surface area contributed by atoms with Crippen molar-refractivity contribution in [1.82, 2.24) is 0 Å². The smallest absolute Gasteiger partial charge is 0.323 e. The summed E-state index contributed by atoms with van der Waals surface area (Å²) in [5, 5.41) is 0.390. The summed E-state index contributed by atoms with van der Waals surface area (Å²) in [5.74, 6) is -1.58. The van der Waals surface area contributed by atoms with Gasteiger partial charge in [-0.25, -0.2) is 8.42 Å². The van der Waals surface area contributed by atoms with Crippen LogP contribution in [-0.4, -0.2) is 26.7 Å². The second-order valence-electron chi connectivity index (χ2n) is 3.40. The normalized spacial score (nSPS) is 11.0. The second kappa shape index (κ2) is 5.92. The lowest BCUT2D eigenvalue weighted by Crippen LogP contribution is -2.24. The first-order valence-corrected chi connectivity index (χ1v) is 7.08. The van der Waals surface area contributed by atoms with Gasteiger partial charge in [-0.3, -0.25) is 9.52 Å². The van der Waals surface area contributed by atoms with Gasteiger partial charge in [-0.1, -0.05) is 11.6 Å². The Bertz CT molecular complexity index is 545. The molecule has 0 aliphatic carbocycles. The highest BCUT2D eigenvalue weighted by atomic mass is 35.5. The quantitative estimate of drug-likeness (QED) is 0.628. The highest BCUT2D eigenvalue weighted by molar-refractivity contribution is 7.93. The Labute approximate surface area is 110 Å². The van der Waals surface area contributed by atoms with Gasteiger partial charge in [0.2, 0.25) is 10.0 Å². The van der Waals surface area contributed by atoms with Crippen molar-refractivity contribution in [3.8, 4) is 0 Å². The first-order valence-electron chi connectivity index (χ1n) is 5.05. The molecular weight excluding hydrogens is 280 g/mol. The van der Waals surface area contributed by atoms with Gasteiger partial charge in [0, 0.05) is 5.02 Å². The molecule has 0 radical (unpaired) electrons. The molecule has 8 heteroatoms. The van der Waals surface area contributed by atoms with Crippen LogP contribution in [-0.2, 0) is 19.6 Å². The fourth-order valence-electron chi connectivity index (χ4n) is 1.19. The molecule has 18 heavy (non-hydrogen) atoms. The molecule has 0 spiro atoms. The number of halogens is 1. The Morgan fingerprint density at radius 1 is 1.50 bits per heavy atom. The zero-order valence-corrected chi connectivity index (χ0v) is 11.2. The van der Waals surface area contributed by atoms with E-state index in [1.165, 1.54) is 18.2 Å². The number of nitrogens with one attached hydrogen (secondary N) is 1. The van der Waals surface area contributed by atoms with Crippen molar-refractivity contribution in [1.29, 1.82) is 0 Å². The molecule has 0 amide bonds. The van der Waals surface area contributed by atoms with Crippen LogP contribution in [0.3, 0.4) is 0 Å². The highest BCUT2D eigenvalue weighted by Gasteiger charge is 2.18. The lowest BCUT2D eigenvalue weighted by molar-refractivity contribution is -0.139. The third-order valence-electron chi connectivity index (χ3n) is 1.89. The number of rotatable bonds is 5. The zero-order chi connectivity index (χ0) is 13.8. The zero-order valence-electron chi connectivity index (χ0n) is 9.64. The summed E-state index contributed by atoms with van der Waals surface area (Å²) in [6, 6.07) is 4.31. The fraction of sp³-hybridized carbons (Fsp3) is 0.300. The van der Waals surface area contributed by atoms with E-state index in [4.69, 9.17) is 17.3 Å². The molecule has 0 saturated carbocycles. The minimum atomic E-state index is -3.84. The van der Waals surface area contributed by atoms with Crippen LogP contribution in [0.15, 0.2) is 18.2 Å². The van der Waals surface area contributed by atoms with E-state index in [2.05, 4.69) is 9.46 Å². The predicted octanol–water partition coefficient (Wildman–Crippen LogP) is 1.23. The summed E-state index contributed by atoms with van der Waals surface area (Å²) in [7, 11) is -3.84. The largest absolute Gasteiger partial charge is 0.465 e. The van der Waals surface area contributed by atoms with Crippen molar-refractivity contribution in [2.75, 3.05) is 22.8 Å². The molecule has 1 aromatic rings. The van der Waals surface area contributed by atoms with E-state index in [1.807, 2.05) is 0 Å². The number of anilines is 2. The summed E-state index contributed by atoms with van der Waals surface area (Å²) < 4.78 is 30.0. The summed E-state index contributed by atoms with van der Waals surface area (Å²) in [6.07, 6.45) is 0. The van der Waals surface area contributed by atoms with Crippen molar-refractivity contribution in [2.24, 2.45) is 0 Å². The Hall–Kier alpha value is -1.47. The SMILES string of the molecule is CCOC(=O)CS(=O)(=O)Nc1ccc(Cl)cc1N. The topological polar surface area (TPSA) is 98.5 Å². The van der Waals surface area contributed by atoms with E-state index in [9.17, 15) is 13.2 Å². The van der Waals surface area contributed by atoms with Crippen LogP contribution in [0.5, 0.6) is 0 Å². The van der Waals surface area contributed by atoms with Crippen LogP contribution in [0, 0.1) is 0 Å². The van der Waals surface area contributed by atoms with E-state index in [0.29, 0.717) is 5.02 Å². The van der Waals surface area contributed by atoms with Crippen molar-refractivity contribution < 1.29 is 17.9 Å². The molecule has 0 bridgehead atoms. The van der Waals surface area contributed by atoms with E-state index in [0.717, 1.165) is 0 Å². The number of sulfonamides is 1. The molecule has 0 heterocycles. The molecule has 3 N–H and O–H groups in total. The molecule has 100 valence electrons. The van der Waals surface area contributed by atoms with Gasteiger partial charge < -0.3 is 10.5 Å². The first-order chi connectivity index (χ1) is 8.34.